The second kappa shape index (κ2) is 12.5. The van der Waals surface area contributed by atoms with Crippen molar-refractivity contribution < 1.29 is 14.6 Å². The summed E-state index contributed by atoms with van der Waals surface area (Å²) in [4.78, 5) is 10.2. The van der Waals surface area contributed by atoms with E-state index >= 15 is 0 Å². The molecule has 96 valence electrons. The topological polar surface area (TPSA) is 46.5 Å². The van der Waals surface area contributed by atoms with E-state index in [4.69, 9.17) is 9.84 Å². The highest BCUT2D eigenvalue weighted by Gasteiger charge is 1.96. The molecule has 0 amide bonds. The van der Waals surface area contributed by atoms with Gasteiger partial charge in [-0.3, -0.25) is 4.79 Å². The van der Waals surface area contributed by atoms with Gasteiger partial charge in [-0.2, -0.15) is 0 Å². The molecule has 0 aliphatic heterocycles. The first kappa shape index (κ1) is 15.4. The largest absolute Gasteiger partial charge is 0.481 e. The molecule has 0 spiro atoms. The molecule has 0 aromatic rings. The summed E-state index contributed by atoms with van der Waals surface area (Å²) in [6.07, 6.45) is 9.27. The summed E-state index contributed by atoms with van der Waals surface area (Å²) in [5.74, 6) is -0.688. The van der Waals surface area contributed by atoms with Gasteiger partial charge in [-0.05, 0) is 19.3 Å². The van der Waals surface area contributed by atoms with Crippen LogP contribution >= 0.6 is 0 Å². The third-order valence-corrected chi connectivity index (χ3v) is 2.57. The van der Waals surface area contributed by atoms with Crippen molar-refractivity contribution in [1.82, 2.24) is 0 Å². The number of carbonyl (C=O) groups is 1. The van der Waals surface area contributed by atoms with Crippen molar-refractivity contribution in [2.24, 2.45) is 0 Å². The summed E-state index contributed by atoms with van der Waals surface area (Å²) >= 11 is 0. The Hall–Kier alpha value is -0.570. The van der Waals surface area contributed by atoms with Gasteiger partial charge >= 0.3 is 5.97 Å². The molecule has 3 nitrogen and oxygen atoms in total. The van der Waals surface area contributed by atoms with E-state index in [1.54, 1.807) is 0 Å². The molecule has 16 heavy (non-hydrogen) atoms. The Kier molecular flexibility index (Phi) is 12.1. The average Bonchev–Trinajstić information content (AvgIpc) is 2.25. The molecule has 3 heteroatoms. The lowest BCUT2D eigenvalue weighted by atomic mass is 10.1. The Morgan fingerprint density at radius 3 is 2.06 bits per heavy atom. The van der Waals surface area contributed by atoms with Gasteiger partial charge in [0, 0.05) is 19.6 Å². The van der Waals surface area contributed by atoms with E-state index in [9.17, 15) is 4.79 Å². The van der Waals surface area contributed by atoms with E-state index in [1.807, 2.05) is 0 Å². The molecule has 0 aliphatic rings. The summed E-state index contributed by atoms with van der Waals surface area (Å²) in [7, 11) is 0. The summed E-state index contributed by atoms with van der Waals surface area (Å²) < 4.78 is 5.49. The molecule has 0 aromatic heterocycles. The van der Waals surface area contributed by atoms with Crippen LogP contribution in [-0.2, 0) is 9.53 Å². The molecular formula is C13H26O3. The van der Waals surface area contributed by atoms with Crippen molar-refractivity contribution in [3.63, 3.8) is 0 Å². The lowest BCUT2D eigenvalue weighted by molar-refractivity contribution is -0.137. The van der Waals surface area contributed by atoms with Crippen LogP contribution in [0, 0.1) is 0 Å². The van der Waals surface area contributed by atoms with Gasteiger partial charge in [0.15, 0.2) is 0 Å². The molecule has 0 aliphatic carbocycles. The fraction of sp³-hybridized carbons (Fsp3) is 0.923. The molecule has 0 atom stereocenters. The smallest absolute Gasteiger partial charge is 0.303 e. The second-order valence-corrected chi connectivity index (χ2v) is 4.23. The Bertz CT molecular complexity index is 157. The standard InChI is InChI=1S/C13H26O3/c1-2-3-4-8-11-16-12-9-6-5-7-10-13(14)15/h2-12H2,1H3,(H,14,15). The molecule has 0 bridgehead atoms. The van der Waals surface area contributed by atoms with Crippen LogP contribution in [0.5, 0.6) is 0 Å². The molecule has 0 unspecified atom stereocenters. The summed E-state index contributed by atoms with van der Waals surface area (Å²) in [5.41, 5.74) is 0. The molecule has 0 radical (unpaired) electrons. The first-order valence-electron chi connectivity index (χ1n) is 6.57. The fourth-order valence-electron chi connectivity index (χ4n) is 1.57. The Balaban J connectivity index is 2.90. The van der Waals surface area contributed by atoms with Crippen LogP contribution in [0.4, 0.5) is 0 Å². The molecule has 0 heterocycles. The number of carboxylic acid groups (broad SMARTS) is 1. The van der Waals surface area contributed by atoms with Crippen molar-refractivity contribution in [1.29, 1.82) is 0 Å². The maximum atomic E-state index is 10.2. The number of hydrogen-bond acceptors (Lipinski definition) is 2. The lowest BCUT2D eigenvalue weighted by Crippen LogP contribution is -1.98. The van der Waals surface area contributed by atoms with Crippen LogP contribution in [0.15, 0.2) is 0 Å². The van der Waals surface area contributed by atoms with Gasteiger partial charge in [0.2, 0.25) is 0 Å². The molecule has 1 N–H and O–H groups in total. The lowest BCUT2D eigenvalue weighted by Gasteiger charge is -2.03. The van der Waals surface area contributed by atoms with Crippen LogP contribution in [-0.4, -0.2) is 24.3 Å². The predicted molar refractivity (Wildman–Crippen MR) is 65.7 cm³/mol. The van der Waals surface area contributed by atoms with E-state index < -0.39 is 5.97 Å². The van der Waals surface area contributed by atoms with E-state index in [0.29, 0.717) is 6.42 Å². The Morgan fingerprint density at radius 2 is 1.50 bits per heavy atom. The maximum Gasteiger partial charge on any atom is 0.303 e. The van der Waals surface area contributed by atoms with Crippen LogP contribution in [0.2, 0.25) is 0 Å². The summed E-state index contributed by atoms with van der Waals surface area (Å²) in [5, 5.41) is 8.43. The first-order valence-corrected chi connectivity index (χ1v) is 6.57. The predicted octanol–water partition coefficient (Wildman–Crippen LogP) is 3.62. The second-order valence-electron chi connectivity index (χ2n) is 4.23. The number of hydrogen-bond donors (Lipinski definition) is 1. The highest BCUT2D eigenvalue weighted by atomic mass is 16.5. The average molecular weight is 230 g/mol. The number of rotatable bonds is 12. The highest BCUT2D eigenvalue weighted by Crippen LogP contribution is 2.04. The highest BCUT2D eigenvalue weighted by molar-refractivity contribution is 5.66. The Morgan fingerprint density at radius 1 is 0.938 bits per heavy atom. The van der Waals surface area contributed by atoms with E-state index in [-0.39, 0.29) is 0 Å². The van der Waals surface area contributed by atoms with Crippen molar-refractivity contribution in [3.8, 4) is 0 Å². The van der Waals surface area contributed by atoms with E-state index in [2.05, 4.69) is 6.92 Å². The number of aliphatic carboxylic acids is 1. The fourth-order valence-corrected chi connectivity index (χ4v) is 1.57. The van der Waals surface area contributed by atoms with Gasteiger partial charge in [0.1, 0.15) is 0 Å². The number of carboxylic acids is 1. The van der Waals surface area contributed by atoms with Gasteiger partial charge in [-0.25, -0.2) is 0 Å². The first-order chi connectivity index (χ1) is 7.77. The van der Waals surface area contributed by atoms with Crippen LogP contribution in [0.25, 0.3) is 0 Å². The van der Waals surface area contributed by atoms with Gasteiger partial charge in [0.05, 0.1) is 0 Å². The van der Waals surface area contributed by atoms with Crippen LogP contribution in [0.3, 0.4) is 0 Å². The number of ether oxygens (including phenoxy) is 1. The molecule has 0 rings (SSSR count). The van der Waals surface area contributed by atoms with Crippen molar-refractivity contribution in [2.75, 3.05) is 13.2 Å². The molecule has 0 aromatic carbocycles. The molecule has 0 saturated carbocycles. The van der Waals surface area contributed by atoms with Gasteiger partial charge < -0.3 is 9.84 Å². The molecular weight excluding hydrogens is 204 g/mol. The van der Waals surface area contributed by atoms with Gasteiger partial charge in [-0.1, -0.05) is 39.0 Å². The third kappa shape index (κ3) is 13.4. The van der Waals surface area contributed by atoms with Gasteiger partial charge in [-0.15, -0.1) is 0 Å². The van der Waals surface area contributed by atoms with Crippen molar-refractivity contribution in [2.45, 2.75) is 64.7 Å². The Labute approximate surface area is 99.2 Å². The summed E-state index contributed by atoms with van der Waals surface area (Å²) in [6, 6.07) is 0. The quantitative estimate of drug-likeness (QED) is 0.521. The minimum atomic E-state index is -0.688. The van der Waals surface area contributed by atoms with E-state index in [0.717, 1.165) is 38.9 Å². The maximum absolute atomic E-state index is 10.2. The van der Waals surface area contributed by atoms with Crippen LogP contribution in [0.1, 0.15) is 64.7 Å². The number of unbranched alkanes of at least 4 members (excludes halogenated alkanes) is 6. The minimum Gasteiger partial charge on any atom is -0.481 e. The normalized spacial score (nSPS) is 10.6. The van der Waals surface area contributed by atoms with Gasteiger partial charge in [0.25, 0.3) is 0 Å². The molecule has 0 fully saturated rings. The van der Waals surface area contributed by atoms with Crippen molar-refractivity contribution in [3.05, 3.63) is 0 Å². The molecule has 0 saturated heterocycles. The SMILES string of the molecule is CCCCCCOCCCCCCC(=O)O. The summed E-state index contributed by atoms with van der Waals surface area (Å²) in [6.45, 7) is 3.92. The van der Waals surface area contributed by atoms with Crippen molar-refractivity contribution >= 4 is 5.97 Å². The van der Waals surface area contributed by atoms with E-state index in [1.165, 1.54) is 25.7 Å². The zero-order valence-electron chi connectivity index (χ0n) is 10.5. The zero-order chi connectivity index (χ0) is 12.1. The van der Waals surface area contributed by atoms with Crippen LogP contribution < -0.4 is 0 Å². The monoisotopic (exact) mass is 230 g/mol. The minimum absolute atomic E-state index is 0.303. The third-order valence-electron chi connectivity index (χ3n) is 2.57. The zero-order valence-corrected chi connectivity index (χ0v) is 10.5.